The van der Waals surface area contributed by atoms with E-state index in [0.29, 0.717) is 17.4 Å². The van der Waals surface area contributed by atoms with Gasteiger partial charge in [0.25, 0.3) is 0 Å². The summed E-state index contributed by atoms with van der Waals surface area (Å²) in [6.45, 7) is 8.16. The maximum absolute atomic E-state index is 11.9. The molecular weight excluding hydrogens is 276 g/mol. The fourth-order valence-electron chi connectivity index (χ4n) is 2.35. The van der Waals surface area contributed by atoms with Crippen molar-refractivity contribution in [3.8, 4) is 11.5 Å². The molecule has 2 aromatic carbocycles. The summed E-state index contributed by atoms with van der Waals surface area (Å²) in [5.41, 5.74) is 3.38. The number of hydrogen-bond donors (Lipinski definition) is 0. The Morgan fingerprint density at radius 3 is 2.41 bits per heavy atom. The van der Waals surface area contributed by atoms with E-state index in [9.17, 15) is 4.79 Å². The Kier molecular flexibility index (Phi) is 5.21. The van der Waals surface area contributed by atoms with E-state index in [1.807, 2.05) is 50.2 Å². The lowest BCUT2D eigenvalue weighted by molar-refractivity contribution is -0.136. The molecular formula is C19H22O3. The van der Waals surface area contributed by atoms with E-state index in [-0.39, 0.29) is 6.61 Å². The smallest absolute Gasteiger partial charge is 0.349 e. The van der Waals surface area contributed by atoms with Crippen LogP contribution in [0, 0.1) is 13.8 Å². The third-order valence-corrected chi connectivity index (χ3v) is 3.54. The SMILES string of the molecule is Cc1ccccc1OC(=O)COc1ccc(C(C)C)c(C)c1. The lowest BCUT2D eigenvalue weighted by Gasteiger charge is -2.12. The molecule has 0 aliphatic heterocycles. The summed E-state index contributed by atoms with van der Waals surface area (Å²) in [6.07, 6.45) is 0. The third-order valence-electron chi connectivity index (χ3n) is 3.54. The number of rotatable bonds is 5. The standard InChI is InChI=1S/C19H22O3/c1-13(2)17-10-9-16(11-15(17)4)21-12-19(20)22-18-8-6-5-7-14(18)3/h5-11,13H,12H2,1-4H3. The van der Waals surface area contributed by atoms with Crippen LogP contribution in [-0.4, -0.2) is 12.6 Å². The summed E-state index contributed by atoms with van der Waals surface area (Å²) in [4.78, 5) is 11.9. The molecule has 116 valence electrons. The maximum atomic E-state index is 11.9. The second kappa shape index (κ2) is 7.12. The second-order valence-electron chi connectivity index (χ2n) is 5.70. The number of ether oxygens (including phenoxy) is 2. The topological polar surface area (TPSA) is 35.5 Å². The molecule has 0 heterocycles. The minimum absolute atomic E-state index is 0.102. The molecule has 0 unspecified atom stereocenters. The van der Waals surface area contributed by atoms with E-state index >= 15 is 0 Å². The van der Waals surface area contributed by atoms with Crippen molar-refractivity contribution in [3.63, 3.8) is 0 Å². The first kappa shape index (κ1) is 16.1. The molecule has 0 spiro atoms. The summed E-state index contributed by atoms with van der Waals surface area (Å²) >= 11 is 0. The van der Waals surface area contributed by atoms with Crippen LogP contribution in [0.25, 0.3) is 0 Å². The molecule has 0 N–H and O–H groups in total. The van der Waals surface area contributed by atoms with Crippen molar-refractivity contribution in [1.82, 2.24) is 0 Å². The van der Waals surface area contributed by atoms with Crippen LogP contribution in [0.1, 0.15) is 36.5 Å². The molecule has 3 nitrogen and oxygen atoms in total. The average Bonchev–Trinajstić information content (AvgIpc) is 2.47. The lowest BCUT2D eigenvalue weighted by atomic mass is 9.98. The van der Waals surface area contributed by atoms with Crippen molar-refractivity contribution in [3.05, 3.63) is 59.2 Å². The van der Waals surface area contributed by atoms with Gasteiger partial charge in [-0.3, -0.25) is 0 Å². The molecule has 2 rings (SSSR count). The summed E-state index contributed by atoms with van der Waals surface area (Å²) in [7, 11) is 0. The van der Waals surface area contributed by atoms with E-state index in [4.69, 9.17) is 9.47 Å². The number of para-hydroxylation sites is 1. The zero-order chi connectivity index (χ0) is 16.1. The Hall–Kier alpha value is -2.29. The highest BCUT2D eigenvalue weighted by Crippen LogP contribution is 2.23. The van der Waals surface area contributed by atoms with Crippen LogP contribution in [0.2, 0.25) is 0 Å². The van der Waals surface area contributed by atoms with Crippen LogP contribution in [0.5, 0.6) is 11.5 Å². The van der Waals surface area contributed by atoms with Gasteiger partial charge in [0.05, 0.1) is 0 Å². The molecule has 0 atom stereocenters. The molecule has 0 saturated carbocycles. The van der Waals surface area contributed by atoms with Crippen LogP contribution in [0.15, 0.2) is 42.5 Å². The van der Waals surface area contributed by atoms with E-state index in [0.717, 1.165) is 5.56 Å². The van der Waals surface area contributed by atoms with Gasteiger partial charge in [-0.1, -0.05) is 38.1 Å². The maximum Gasteiger partial charge on any atom is 0.349 e. The van der Waals surface area contributed by atoms with Crippen molar-refractivity contribution in [2.75, 3.05) is 6.61 Å². The van der Waals surface area contributed by atoms with Crippen LogP contribution in [-0.2, 0) is 4.79 Å². The van der Waals surface area contributed by atoms with Gasteiger partial charge in [-0.15, -0.1) is 0 Å². The van der Waals surface area contributed by atoms with Crippen molar-refractivity contribution >= 4 is 5.97 Å². The molecule has 2 aromatic rings. The molecule has 0 aliphatic carbocycles. The highest BCUT2D eigenvalue weighted by atomic mass is 16.6. The highest BCUT2D eigenvalue weighted by Gasteiger charge is 2.09. The van der Waals surface area contributed by atoms with Crippen molar-refractivity contribution in [2.45, 2.75) is 33.6 Å². The number of carbonyl (C=O) groups excluding carboxylic acids is 1. The number of hydrogen-bond acceptors (Lipinski definition) is 3. The minimum Gasteiger partial charge on any atom is -0.482 e. The van der Waals surface area contributed by atoms with E-state index in [1.54, 1.807) is 6.07 Å². The monoisotopic (exact) mass is 298 g/mol. The normalized spacial score (nSPS) is 10.6. The number of aryl methyl sites for hydroxylation is 2. The van der Waals surface area contributed by atoms with Gasteiger partial charge in [0.1, 0.15) is 11.5 Å². The quantitative estimate of drug-likeness (QED) is 0.606. The zero-order valence-electron chi connectivity index (χ0n) is 13.6. The minimum atomic E-state index is -0.403. The summed E-state index contributed by atoms with van der Waals surface area (Å²) in [6, 6.07) is 13.3. The van der Waals surface area contributed by atoms with Gasteiger partial charge in [-0.05, 0) is 54.7 Å². The number of carbonyl (C=O) groups is 1. The summed E-state index contributed by atoms with van der Waals surface area (Å²) in [5, 5.41) is 0. The van der Waals surface area contributed by atoms with Crippen molar-refractivity contribution in [2.24, 2.45) is 0 Å². The fourth-order valence-corrected chi connectivity index (χ4v) is 2.35. The first-order chi connectivity index (χ1) is 10.5. The molecule has 0 aliphatic rings. The van der Waals surface area contributed by atoms with E-state index in [1.165, 1.54) is 11.1 Å². The Labute approximate surface area is 131 Å². The molecule has 0 radical (unpaired) electrons. The van der Waals surface area contributed by atoms with Gasteiger partial charge >= 0.3 is 5.97 Å². The number of esters is 1. The fraction of sp³-hybridized carbons (Fsp3) is 0.316. The van der Waals surface area contributed by atoms with Crippen LogP contribution < -0.4 is 9.47 Å². The molecule has 0 saturated heterocycles. The van der Waals surface area contributed by atoms with Crippen LogP contribution in [0.4, 0.5) is 0 Å². The zero-order valence-corrected chi connectivity index (χ0v) is 13.6. The van der Waals surface area contributed by atoms with E-state index in [2.05, 4.69) is 13.8 Å². The molecule has 0 amide bonds. The Balaban J connectivity index is 1.94. The van der Waals surface area contributed by atoms with Gasteiger partial charge in [0.15, 0.2) is 6.61 Å². The summed E-state index contributed by atoms with van der Waals surface area (Å²) < 4.78 is 10.8. The average molecular weight is 298 g/mol. The van der Waals surface area contributed by atoms with Gasteiger partial charge in [-0.2, -0.15) is 0 Å². The van der Waals surface area contributed by atoms with Crippen molar-refractivity contribution < 1.29 is 14.3 Å². The Morgan fingerprint density at radius 1 is 1.05 bits per heavy atom. The predicted molar refractivity (Wildman–Crippen MR) is 87.6 cm³/mol. The first-order valence-corrected chi connectivity index (χ1v) is 7.47. The Bertz CT molecular complexity index is 659. The lowest BCUT2D eigenvalue weighted by Crippen LogP contribution is -2.18. The molecule has 0 fully saturated rings. The van der Waals surface area contributed by atoms with Gasteiger partial charge in [-0.25, -0.2) is 4.79 Å². The van der Waals surface area contributed by atoms with E-state index < -0.39 is 5.97 Å². The predicted octanol–water partition coefficient (Wildman–Crippen LogP) is 4.41. The van der Waals surface area contributed by atoms with Crippen LogP contribution in [0.3, 0.4) is 0 Å². The second-order valence-corrected chi connectivity index (χ2v) is 5.70. The van der Waals surface area contributed by atoms with Gasteiger partial charge in [0.2, 0.25) is 0 Å². The highest BCUT2D eigenvalue weighted by molar-refractivity contribution is 5.74. The third kappa shape index (κ3) is 4.10. The number of benzene rings is 2. The molecule has 3 heteroatoms. The molecule has 0 aromatic heterocycles. The summed E-state index contributed by atoms with van der Waals surface area (Å²) in [5.74, 6) is 1.33. The van der Waals surface area contributed by atoms with Gasteiger partial charge in [0, 0.05) is 0 Å². The molecule has 0 bridgehead atoms. The molecule has 22 heavy (non-hydrogen) atoms. The Morgan fingerprint density at radius 2 is 1.77 bits per heavy atom. The van der Waals surface area contributed by atoms with Gasteiger partial charge < -0.3 is 9.47 Å². The largest absolute Gasteiger partial charge is 0.482 e. The van der Waals surface area contributed by atoms with Crippen molar-refractivity contribution in [1.29, 1.82) is 0 Å². The van der Waals surface area contributed by atoms with Crippen LogP contribution >= 0.6 is 0 Å². The first-order valence-electron chi connectivity index (χ1n) is 7.47.